The summed E-state index contributed by atoms with van der Waals surface area (Å²) >= 11 is -2.40. The molecule has 0 saturated heterocycles. The van der Waals surface area contributed by atoms with E-state index in [9.17, 15) is 9.59 Å². The van der Waals surface area contributed by atoms with Crippen molar-refractivity contribution in [2.24, 2.45) is 0 Å². The van der Waals surface area contributed by atoms with E-state index in [1.54, 1.807) is 7.11 Å². The summed E-state index contributed by atoms with van der Waals surface area (Å²) in [6.45, 7) is 5.48. The molecule has 0 saturated carbocycles. The molecule has 6 heteroatoms. The predicted octanol–water partition coefficient (Wildman–Crippen LogP) is 1.54. The summed E-state index contributed by atoms with van der Waals surface area (Å²) in [6.07, 6.45) is 0.999. The zero-order valence-corrected chi connectivity index (χ0v) is 15.1. The van der Waals surface area contributed by atoms with Gasteiger partial charge in [0.1, 0.15) is 0 Å². The first-order valence-corrected chi connectivity index (χ1v) is 13.0. The van der Waals surface area contributed by atoms with Crippen molar-refractivity contribution in [3.63, 3.8) is 0 Å². The Hall–Kier alpha value is -0.750. The average molecular weight is 370 g/mol. The first-order valence-electron chi connectivity index (χ1n) is 6.20. The minimum atomic E-state index is -2.40. The number of ether oxygens (including phenoxy) is 3. The number of hydrogen-bond acceptors (Lipinski definition) is 5. The minimum absolute atomic E-state index is 0.0218. The third kappa shape index (κ3) is 3.63. The van der Waals surface area contributed by atoms with Gasteiger partial charge in [0.25, 0.3) is 0 Å². The van der Waals surface area contributed by atoms with Crippen LogP contribution >= 0.6 is 0 Å². The Morgan fingerprint density at radius 3 is 2.53 bits per heavy atom. The van der Waals surface area contributed by atoms with Gasteiger partial charge in [-0.25, -0.2) is 0 Å². The van der Waals surface area contributed by atoms with Gasteiger partial charge in [0.05, 0.1) is 0 Å². The molecule has 1 rings (SSSR count). The van der Waals surface area contributed by atoms with E-state index in [0.717, 1.165) is 0 Å². The topological polar surface area (TPSA) is 61.8 Å². The molecule has 0 aromatic carbocycles. The van der Waals surface area contributed by atoms with Crippen molar-refractivity contribution in [3.8, 4) is 0 Å². The zero-order chi connectivity index (χ0) is 14.6. The quantitative estimate of drug-likeness (QED) is 0.543. The van der Waals surface area contributed by atoms with E-state index in [4.69, 9.17) is 14.2 Å². The van der Waals surface area contributed by atoms with Crippen LogP contribution < -0.4 is 0 Å². The fraction of sp³-hybridized carbons (Fsp3) is 0.538. The normalized spacial score (nSPS) is 18.5. The summed E-state index contributed by atoms with van der Waals surface area (Å²) in [5.74, 6) is -0.896. The van der Waals surface area contributed by atoms with E-state index < -0.39 is 33.4 Å². The van der Waals surface area contributed by atoms with Gasteiger partial charge in [-0.3, -0.25) is 0 Å². The molecule has 0 amide bonds. The van der Waals surface area contributed by atoms with E-state index in [2.05, 4.69) is 11.3 Å². The number of rotatable bonds is 5. The standard InChI is InChI=1S/C12H16O5.CH3.In/c1-5-9(2)11(13)17-8-10(6-7-15-3)12(14)16-4;;/h7H,2,5-6H2,1,3-4H3;1H3;. The Morgan fingerprint density at radius 1 is 1.42 bits per heavy atom. The summed E-state index contributed by atoms with van der Waals surface area (Å²) in [4.78, 5) is 23.5. The Labute approximate surface area is 121 Å². The van der Waals surface area contributed by atoms with Crippen LogP contribution in [-0.4, -0.2) is 51.5 Å². The average Bonchev–Trinajstić information content (AvgIpc) is 2.73. The summed E-state index contributed by atoms with van der Waals surface area (Å²) in [6, 6.07) is 0. The molecule has 5 nitrogen and oxygen atoms in total. The van der Waals surface area contributed by atoms with E-state index in [0.29, 0.717) is 27.5 Å². The molecule has 0 aliphatic carbocycles. The molecule has 0 N–H and O–H groups in total. The first kappa shape index (κ1) is 16.3. The van der Waals surface area contributed by atoms with Gasteiger partial charge in [0.15, 0.2) is 0 Å². The molecule has 1 atom stereocenters. The van der Waals surface area contributed by atoms with Crippen LogP contribution in [-0.2, 0) is 23.8 Å². The van der Waals surface area contributed by atoms with Crippen LogP contribution in [0.25, 0.3) is 0 Å². The van der Waals surface area contributed by atoms with Gasteiger partial charge >= 0.3 is 121 Å². The summed E-state index contributed by atoms with van der Waals surface area (Å²) in [5, 5.41) is 0. The second kappa shape index (κ2) is 7.14. The van der Waals surface area contributed by atoms with Crippen LogP contribution in [0.3, 0.4) is 0 Å². The van der Waals surface area contributed by atoms with Gasteiger partial charge in [0.2, 0.25) is 0 Å². The molecule has 0 fully saturated rings. The molecule has 1 unspecified atom stereocenters. The van der Waals surface area contributed by atoms with Crippen molar-refractivity contribution in [1.29, 1.82) is 0 Å². The van der Waals surface area contributed by atoms with Gasteiger partial charge in [-0.1, -0.05) is 0 Å². The third-order valence-electron chi connectivity index (χ3n) is 3.33. The molecule has 1 aliphatic heterocycles. The fourth-order valence-electron chi connectivity index (χ4n) is 1.99. The molecule has 104 valence electrons. The molecule has 0 spiro atoms. The Morgan fingerprint density at radius 2 is 2.05 bits per heavy atom. The van der Waals surface area contributed by atoms with Crippen molar-refractivity contribution >= 4 is 33.4 Å². The van der Waals surface area contributed by atoms with Crippen LogP contribution in [0.15, 0.2) is 21.2 Å². The van der Waals surface area contributed by atoms with Gasteiger partial charge in [-0.05, 0) is 0 Å². The Bertz CT molecular complexity index is 427. The van der Waals surface area contributed by atoms with Crippen molar-refractivity contribution in [2.45, 2.75) is 28.3 Å². The Balaban J connectivity index is 2.98. The summed E-state index contributed by atoms with van der Waals surface area (Å²) in [7, 11) is 2.93. The fourth-order valence-corrected chi connectivity index (χ4v) is 8.88. The number of carbonyl (C=O) groups excluding carboxylic acids is 2. The SMILES string of the molecule is C=C(CC)C(=O)O[C]1=C(C(=O)OC)C[CH](OC)[In]1[CH3]. The summed E-state index contributed by atoms with van der Waals surface area (Å²) < 4.78 is 18.1. The van der Waals surface area contributed by atoms with Gasteiger partial charge in [-0.2, -0.15) is 0 Å². The predicted molar refractivity (Wildman–Crippen MR) is 71.6 cm³/mol. The van der Waals surface area contributed by atoms with Crippen LogP contribution in [0.5, 0.6) is 0 Å². The van der Waals surface area contributed by atoms with Crippen molar-refractivity contribution < 1.29 is 23.8 Å². The molecule has 1 heterocycles. The van der Waals surface area contributed by atoms with Crippen LogP contribution in [0.1, 0.15) is 19.8 Å². The van der Waals surface area contributed by atoms with Gasteiger partial charge < -0.3 is 0 Å². The number of carbonyl (C=O) groups is 2. The molecule has 0 radical (unpaired) electrons. The Kier molecular flexibility index (Phi) is 6.13. The van der Waals surface area contributed by atoms with Gasteiger partial charge in [0, 0.05) is 0 Å². The monoisotopic (exact) mass is 370 g/mol. The van der Waals surface area contributed by atoms with E-state index in [-0.39, 0.29) is 3.86 Å². The number of hydrogen-bond donors (Lipinski definition) is 0. The molecule has 0 aromatic rings. The van der Waals surface area contributed by atoms with Crippen molar-refractivity contribution in [1.82, 2.24) is 0 Å². The van der Waals surface area contributed by atoms with E-state index >= 15 is 0 Å². The zero-order valence-electron chi connectivity index (χ0n) is 11.8. The van der Waals surface area contributed by atoms with E-state index in [1.165, 1.54) is 7.11 Å². The molecular formula is C13H19InO5. The van der Waals surface area contributed by atoms with E-state index in [1.807, 2.05) is 6.92 Å². The molecule has 19 heavy (non-hydrogen) atoms. The van der Waals surface area contributed by atoms with Crippen LogP contribution in [0.4, 0.5) is 0 Å². The summed E-state index contributed by atoms with van der Waals surface area (Å²) in [5.41, 5.74) is 0.853. The maximum absolute atomic E-state index is 11.8. The second-order valence-corrected chi connectivity index (χ2v) is 12.6. The number of esters is 2. The van der Waals surface area contributed by atoms with Crippen LogP contribution in [0, 0.1) is 0 Å². The first-order chi connectivity index (χ1) is 8.96. The number of methoxy groups -OCH3 is 2. The maximum atomic E-state index is 11.8. The molecular weight excluding hydrogens is 351 g/mol. The van der Waals surface area contributed by atoms with Crippen LogP contribution in [0.2, 0.25) is 4.68 Å². The second-order valence-electron chi connectivity index (χ2n) is 4.45. The molecule has 0 aromatic heterocycles. The van der Waals surface area contributed by atoms with Crippen molar-refractivity contribution in [2.75, 3.05) is 14.2 Å². The third-order valence-corrected chi connectivity index (χ3v) is 11.7. The molecule has 1 aliphatic rings. The van der Waals surface area contributed by atoms with Gasteiger partial charge in [-0.15, -0.1) is 0 Å². The molecule has 0 bridgehead atoms. The van der Waals surface area contributed by atoms with Crippen molar-refractivity contribution in [3.05, 3.63) is 21.2 Å².